The Hall–Kier alpha value is -1.07. The lowest BCUT2D eigenvalue weighted by molar-refractivity contribution is -0.133. The van der Waals surface area contributed by atoms with Crippen molar-refractivity contribution in [3.05, 3.63) is 35.9 Å². The van der Waals surface area contributed by atoms with Crippen molar-refractivity contribution in [3.63, 3.8) is 0 Å². The summed E-state index contributed by atoms with van der Waals surface area (Å²) in [7, 11) is 0. The number of aliphatic carboxylic acids is 1. The van der Waals surface area contributed by atoms with Crippen LogP contribution in [0.15, 0.2) is 30.3 Å². The van der Waals surface area contributed by atoms with E-state index in [-0.39, 0.29) is 5.75 Å². The molecular formula is C9H8O3S2. The molecule has 14 heavy (non-hydrogen) atoms. The van der Waals surface area contributed by atoms with Crippen LogP contribution in [0.5, 0.6) is 0 Å². The molecule has 0 aliphatic rings. The second kappa shape index (κ2) is 5.62. The molecule has 0 spiro atoms. The smallest absolute Gasteiger partial charge is 0.316 e. The highest BCUT2D eigenvalue weighted by Crippen LogP contribution is 2.10. The van der Waals surface area contributed by atoms with Gasteiger partial charge in [0.25, 0.3) is 0 Å². The Bertz CT molecular complexity index is 324. The molecule has 74 valence electrons. The molecule has 1 aromatic carbocycles. The first-order valence-electron chi connectivity index (χ1n) is 3.81. The van der Waals surface area contributed by atoms with Gasteiger partial charge in [0.2, 0.25) is 5.05 Å². The van der Waals surface area contributed by atoms with Crippen LogP contribution in [0.25, 0.3) is 0 Å². The number of hydrogen-bond acceptors (Lipinski definition) is 4. The van der Waals surface area contributed by atoms with E-state index in [9.17, 15) is 4.79 Å². The molecule has 0 fully saturated rings. The van der Waals surface area contributed by atoms with Gasteiger partial charge in [0, 0.05) is 5.56 Å². The molecule has 0 saturated carbocycles. The zero-order valence-electron chi connectivity index (χ0n) is 7.17. The fourth-order valence-electron chi connectivity index (χ4n) is 0.756. The third-order valence-electron chi connectivity index (χ3n) is 1.33. The predicted octanol–water partition coefficient (Wildman–Crippen LogP) is 2.11. The van der Waals surface area contributed by atoms with Gasteiger partial charge in [0.15, 0.2) is 0 Å². The van der Waals surface area contributed by atoms with Crippen molar-refractivity contribution in [2.75, 3.05) is 5.75 Å². The molecular weight excluding hydrogens is 220 g/mol. The predicted molar refractivity (Wildman–Crippen MR) is 59.3 cm³/mol. The van der Waals surface area contributed by atoms with Gasteiger partial charge < -0.3 is 9.29 Å². The van der Waals surface area contributed by atoms with Crippen LogP contribution < -0.4 is 0 Å². The molecule has 1 rings (SSSR count). The lowest BCUT2D eigenvalue weighted by atomic mass is 10.2. The maximum atomic E-state index is 10.2. The van der Waals surface area contributed by atoms with Gasteiger partial charge in [-0.3, -0.25) is 4.79 Å². The Morgan fingerprint density at radius 1 is 1.43 bits per heavy atom. The summed E-state index contributed by atoms with van der Waals surface area (Å²) in [4.78, 5) is 10.2. The molecule has 0 bridgehead atoms. The monoisotopic (exact) mass is 228 g/mol. The SMILES string of the molecule is O=C(O)CSOC(=S)c1ccccc1. The summed E-state index contributed by atoms with van der Waals surface area (Å²) in [6.07, 6.45) is 0. The second-order valence-electron chi connectivity index (χ2n) is 2.39. The molecule has 1 aromatic rings. The quantitative estimate of drug-likeness (QED) is 0.631. The average molecular weight is 228 g/mol. The number of carboxylic acids is 1. The van der Waals surface area contributed by atoms with Gasteiger partial charge in [-0.1, -0.05) is 30.3 Å². The highest BCUT2D eigenvalue weighted by atomic mass is 32.2. The van der Waals surface area contributed by atoms with Gasteiger partial charge in [-0.05, 0) is 12.2 Å². The van der Waals surface area contributed by atoms with E-state index >= 15 is 0 Å². The van der Waals surface area contributed by atoms with Crippen LogP contribution in [-0.2, 0) is 8.98 Å². The molecule has 0 aliphatic carbocycles. The van der Waals surface area contributed by atoms with E-state index in [0.29, 0.717) is 5.05 Å². The van der Waals surface area contributed by atoms with E-state index in [2.05, 4.69) is 0 Å². The number of rotatable bonds is 4. The van der Waals surface area contributed by atoms with Crippen LogP contribution in [-0.4, -0.2) is 21.9 Å². The van der Waals surface area contributed by atoms with E-state index in [1.54, 1.807) is 0 Å². The third kappa shape index (κ3) is 3.76. The summed E-state index contributed by atoms with van der Waals surface area (Å²) >= 11 is 5.76. The molecule has 3 nitrogen and oxygen atoms in total. The minimum atomic E-state index is -0.925. The first kappa shape index (κ1) is 11.0. The Kier molecular flexibility index (Phi) is 4.42. The molecule has 0 aliphatic heterocycles. The first-order chi connectivity index (χ1) is 6.70. The van der Waals surface area contributed by atoms with Crippen molar-refractivity contribution in [3.8, 4) is 0 Å². The van der Waals surface area contributed by atoms with Crippen molar-refractivity contribution < 1.29 is 14.1 Å². The summed E-state index contributed by atoms with van der Waals surface area (Å²) in [5, 5.41) is 8.66. The Morgan fingerprint density at radius 3 is 2.64 bits per heavy atom. The number of thiocarbonyl (C=S) groups is 1. The minimum Gasteiger partial charge on any atom is -0.481 e. The molecule has 0 saturated heterocycles. The van der Waals surface area contributed by atoms with Crippen LogP contribution >= 0.6 is 24.3 Å². The van der Waals surface area contributed by atoms with E-state index in [4.69, 9.17) is 21.5 Å². The molecule has 0 atom stereocenters. The lowest BCUT2D eigenvalue weighted by Gasteiger charge is -2.03. The van der Waals surface area contributed by atoms with E-state index in [1.165, 1.54) is 0 Å². The molecule has 5 heteroatoms. The number of carbonyl (C=O) groups is 1. The Labute approximate surface area is 91.3 Å². The standard InChI is InChI=1S/C9H8O3S2/c10-8(11)6-14-12-9(13)7-4-2-1-3-5-7/h1-5H,6H2,(H,10,11). The maximum Gasteiger partial charge on any atom is 0.316 e. The van der Waals surface area contributed by atoms with Crippen LogP contribution in [0, 0.1) is 0 Å². The van der Waals surface area contributed by atoms with E-state index in [0.717, 1.165) is 17.6 Å². The van der Waals surface area contributed by atoms with Gasteiger partial charge in [-0.2, -0.15) is 0 Å². The van der Waals surface area contributed by atoms with Gasteiger partial charge in [-0.15, -0.1) is 0 Å². The van der Waals surface area contributed by atoms with Crippen molar-refractivity contribution in [2.45, 2.75) is 0 Å². The molecule has 1 N–H and O–H groups in total. The van der Waals surface area contributed by atoms with Crippen molar-refractivity contribution in [1.29, 1.82) is 0 Å². The number of benzene rings is 1. The number of carboxylic acid groups (broad SMARTS) is 1. The zero-order valence-corrected chi connectivity index (χ0v) is 8.81. The van der Waals surface area contributed by atoms with Crippen LogP contribution in [0.4, 0.5) is 0 Å². The van der Waals surface area contributed by atoms with Crippen molar-refractivity contribution in [2.24, 2.45) is 0 Å². The van der Waals surface area contributed by atoms with Gasteiger partial charge >= 0.3 is 5.97 Å². The summed E-state index contributed by atoms with van der Waals surface area (Å²) in [5.41, 5.74) is 0.778. The third-order valence-corrected chi connectivity index (χ3v) is 2.40. The normalized spacial score (nSPS) is 9.43. The fourth-order valence-corrected chi connectivity index (χ4v) is 1.40. The number of hydrogen-bond donors (Lipinski definition) is 1. The summed E-state index contributed by atoms with van der Waals surface area (Å²) in [6, 6.07) is 9.17. The largest absolute Gasteiger partial charge is 0.481 e. The molecule has 0 heterocycles. The first-order valence-corrected chi connectivity index (χ1v) is 5.12. The Balaban J connectivity index is 2.40. The highest BCUT2D eigenvalue weighted by molar-refractivity contribution is 7.96. The van der Waals surface area contributed by atoms with Gasteiger partial charge in [0.1, 0.15) is 5.75 Å². The minimum absolute atomic E-state index is 0.118. The summed E-state index contributed by atoms with van der Waals surface area (Å²) < 4.78 is 5.01. The summed E-state index contributed by atoms with van der Waals surface area (Å²) in [5.74, 6) is -1.04. The molecule has 0 unspecified atom stereocenters. The van der Waals surface area contributed by atoms with Crippen LogP contribution in [0.2, 0.25) is 0 Å². The highest BCUT2D eigenvalue weighted by Gasteiger charge is 2.04. The maximum absolute atomic E-state index is 10.2. The molecule has 0 radical (unpaired) electrons. The summed E-state index contributed by atoms with van der Waals surface area (Å²) in [6.45, 7) is 0. The second-order valence-corrected chi connectivity index (χ2v) is 3.45. The van der Waals surface area contributed by atoms with E-state index < -0.39 is 5.97 Å². The van der Waals surface area contributed by atoms with Gasteiger partial charge in [0.05, 0.1) is 12.0 Å². The lowest BCUT2D eigenvalue weighted by Crippen LogP contribution is -2.03. The molecule has 0 aromatic heterocycles. The van der Waals surface area contributed by atoms with Crippen molar-refractivity contribution >= 4 is 35.3 Å². The molecule has 0 amide bonds. The Morgan fingerprint density at radius 2 is 2.07 bits per heavy atom. The van der Waals surface area contributed by atoms with E-state index in [1.807, 2.05) is 30.3 Å². The van der Waals surface area contributed by atoms with Crippen LogP contribution in [0.3, 0.4) is 0 Å². The topological polar surface area (TPSA) is 46.5 Å². The van der Waals surface area contributed by atoms with Crippen molar-refractivity contribution in [1.82, 2.24) is 0 Å². The fraction of sp³-hybridized carbons (Fsp3) is 0.111. The average Bonchev–Trinajstić information content (AvgIpc) is 2.18. The van der Waals surface area contributed by atoms with Gasteiger partial charge in [-0.25, -0.2) is 0 Å². The van der Waals surface area contributed by atoms with Crippen LogP contribution in [0.1, 0.15) is 5.56 Å². The zero-order chi connectivity index (χ0) is 10.4.